The largest absolute Gasteiger partial charge is 0.496 e. The van der Waals surface area contributed by atoms with Crippen LogP contribution in [0.3, 0.4) is 0 Å². The summed E-state index contributed by atoms with van der Waals surface area (Å²) in [4.78, 5) is 42.9. The fraction of sp³-hybridized carbons (Fsp3) is 0.559. The first kappa shape index (κ1) is 31.0. The summed E-state index contributed by atoms with van der Waals surface area (Å²) in [5, 5.41) is 23.3. The zero-order valence-corrected chi connectivity index (χ0v) is 25.4. The van der Waals surface area contributed by atoms with E-state index in [4.69, 9.17) is 4.74 Å². The lowest BCUT2D eigenvalue weighted by atomic mass is 9.80. The van der Waals surface area contributed by atoms with E-state index in [0.29, 0.717) is 63.9 Å². The van der Waals surface area contributed by atoms with Gasteiger partial charge in [0.25, 0.3) is 0 Å². The van der Waals surface area contributed by atoms with Crippen molar-refractivity contribution in [3.63, 3.8) is 0 Å². The number of hydrogen-bond acceptors (Lipinski definition) is 6. The predicted molar refractivity (Wildman–Crippen MR) is 163 cm³/mol. The Morgan fingerprint density at radius 3 is 2.33 bits per heavy atom. The van der Waals surface area contributed by atoms with Crippen LogP contribution in [0, 0.1) is 0 Å². The van der Waals surface area contributed by atoms with Gasteiger partial charge < -0.3 is 25.2 Å². The van der Waals surface area contributed by atoms with Gasteiger partial charge in [-0.15, -0.1) is 0 Å². The Morgan fingerprint density at radius 1 is 1.02 bits per heavy atom. The van der Waals surface area contributed by atoms with E-state index in [0.717, 1.165) is 43.4 Å². The summed E-state index contributed by atoms with van der Waals surface area (Å²) in [6.07, 6.45) is 7.22. The van der Waals surface area contributed by atoms with Crippen LogP contribution >= 0.6 is 0 Å². The van der Waals surface area contributed by atoms with Crippen LogP contribution in [0.25, 0.3) is 0 Å². The topological polar surface area (TPSA) is 119 Å². The average molecular weight is 592 g/mol. The average Bonchev–Trinajstić information content (AvgIpc) is 3.43. The molecule has 9 nitrogen and oxygen atoms in total. The minimum Gasteiger partial charge on any atom is -0.496 e. The number of nitrogens with zero attached hydrogens (tertiary/aromatic N) is 2. The van der Waals surface area contributed by atoms with Gasteiger partial charge in [-0.3, -0.25) is 14.5 Å². The molecule has 1 saturated carbocycles. The molecule has 9 heteroatoms. The Kier molecular flexibility index (Phi) is 9.42. The van der Waals surface area contributed by atoms with E-state index in [2.05, 4.69) is 41.4 Å². The lowest BCUT2D eigenvalue weighted by Gasteiger charge is -2.52. The van der Waals surface area contributed by atoms with Crippen molar-refractivity contribution in [2.45, 2.75) is 94.9 Å². The summed E-state index contributed by atoms with van der Waals surface area (Å²) in [7, 11) is 1.55. The summed E-state index contributed by atoms with van der Waals surface area (Å²) in [5.41, 5.74) is 1.72. The van der Waals surface area contributed by atoms with Gasteiger partial charge in [-0.2, -0.15) is 0 Å². The number of carbonyl (C=O) groups excluding carboxylic acids is 2. The number of amides is 2. The second-order valence-corrected chi connectivity index (χ2v) is 12.6. The summed E-state index contributed by atoms with van der Waals surface area (Å²) < 4.78 is 5.43. The van der Waals surface area contributed by atoms with Crippen LogP contribution in [0.2, 0.25) is 0 Å². The van der Waals surface area contributed by atoms with Crippen LogP contribution in [0.15, 0.2) is 42.5 Å². The number of likely N-dealkylation sites (tertiary alicyclic amines) is 1. The molecule has 1 spiro atoms. The van der Waals surface area contributed by atoms with Crippen molar-refractivity contribution in [2.24, 2.45) is 0 Å². The Labute approximate surface area is 254 Å². The van der Waals surface area contributed by atoms with Crippen LogP contribution in [0.4, 0.5) is 0 Å². The second-order valence-electron chi connectivity index (χ2n) is 12.6. The molecule has 2 aliphatic heterocycles. The molecular formula is C34H45N3O6. The molecular weight excluding hydrogens is 546 g/mol. The number of piperidine rings is 1. The molecule has 1 aliphatic carbocycles. The number of aromatic carboxylic acids is 1. The van der Waals surface area contributed by atoms with Crippen molar-refractivity contribution in [1.29, 1.82) is 0 Å². The summed E-state index contributed by atoms with van der Waals surface area (Å²) in [5.74, 6) is -0.521. The molecule has 0 bridgehead atoms. The van der Waals surface area contributed by atoms with Crippen molar-refractivity contribution < 1.29 is 29.3 Å². The number of aliphatic hydroxyl groups is 1. The number of carboxylic acid groups (broad SMARTS) is 1. The van der Waals surface area contributed by atoms with Gasteiger partial charge in [0.05, 0.1) is 18.3 Å². The Hall–Kier alpha value is -3.43. The normalized spacial score (nSPS) is 21.7. The van der Waals surface area contributed by atoms with Crippen molar-refractivity contribution in [2.75, 3.05) is 26.7 Å². The van der Waals surface area contributed by atoms with Gasteiger partial charge in [0.15, 0.2) is 0 Å². The molecule has 232 valence electrons. The number of hydrogen-bond donors (Lipinski definition) is 3. The summed E-state index contributed by atoms with van der Waals surface area (Å²) in [6.45, 7) is 4.86. The number of rotatable bonds is 11. The third kappa shape index (κ3) is 6.73. The van der Waals surface area contributed by atoms with Gasteiger partial charge in [-0.25, -0.2) is 4.79 Å². The smallest absolute Gasteiger partial charge is 0.335 e. The molecule has 0 aromatic heterocycles. The van der Waals surface area contributed by atoms with E-state index >= 15 is 0 Å². The maximum absolute atomic E-state index is 13.8. The number of carboxylic acids is 1. The molecule has 5 rings (SSSR count). The fourth-order valence-corrected chi connectivity index (χ4v) is 7.11. The molecule has 3 fully saturated rings. The van der Waals surface area contributed by atoms with Crippen LogP contribution < -0.4 is 10.1 Å². The first-order valence-electron chi connectivity index (χ1n) is 15.7. The van der Waals surface area contributed by atoms with E-state index in [1.54, 1.807) is 25.3 Å². The summed E-state index contributed by atoms with van der Waals surface area (Å²) >= 11 is 0. The minimum absolute atomic E-state index is 0.0355. The minimum atomic E-state index is -0.981. The molecule has 2 amide bonds. The van der Waals surface area contributed by atoms with Crippen molar-refractivity contribution >= 4 is 17.8 Å². The van der Waals surface area contributed by atoms with Gasteiger partial charge in [-0.1, -0.05) is 56.5 Å². The van der Waals surface area contributed by atoms with Crippen LogP contribution in [-0.2, 0) is 22.6 Å². The zero-order chi connectivity index (χ0) is 30.6. The first-order chi connectivity index (χ1) is 20.7. The van der Waals surface area contributed by atoms with Crippen LogP contribution in [0.1, 0.15) is 91.8 Å². The molecule has 3 N–H and O–H groups in total. The highest BCUT2D eigenvalue weighted by Gasteiger charge is 2.54. The van der Waals surface area contributed by atoms with Gasteiger partial charge in [0.1, 0.15) is 17.3 Å². The van der Waals surface area contributed by atoms with E-state index in [1.807, 2.05) is 4.90 Å². The number of unbranched alkanes of at least 4 members (excludes halogenated alkanes) is 1. The molecule has 43 heavy (non-hydrogen) atoms. The van der Waals surface area contributed by atoms with Crippen molar-refractivity contribution in [3.05, 3.63) is 64.7 Å². The van der Waals surface area contributed by atoms with Crippen molar-refractivity contribution in [1.82, 2.24) is 15.1 Å². The number of benzene rings is 2. The molecule has 1 atom stereocenters. The number of ether oxygens (including phenoxy) is 1. The number of nitrogens with one attached hydrogen (secondary N) is 1. The molecule has 2 saturated heterocycles. The van der Waals surface area contributed by atoms with Gasteiger partial charge in [0.2, 0.25) is 11.8 Å². The first-order valence-corrected chi connectivity index (χ1v) is 15.7. The van der Waals surface area contributed by atoms with E-state index in [-0.39, 0.29) is 17.4 Å². The second kappa shape index (κ2) is 13.1. The van der Waals surface area contributed by atoms with E-state index < -0.39 is 23.2 Å². The van der Waals surface area contributed by atoms with Gasteiger partial charge in [0, 0.05) is 39.0 Å². The lowest BCUT2D eigenvalue weighted by molar-refractivity contribution is -0.163. The highest BCUT2D eigenvalue weighted by molar-refractivity contribution is 6.00. The maximum Gasteiger partial charge on any atom is 0.335 e. The number of methoxy groups -OCH3 is 1. The number of piperazine rings is 1. The quantitative estimate of drug-likeness (QED) is 0.359. The van der Waals surface area contributed by atoms with E-state index in [9.17, 15) is 24.6 Å². The molecule has 2 aromatic rings. The number of carbonyl (C=O) groups is 3. The Balaban J connectivity index is 1.21. The zero-order valence-electron chi connectivity index (χ0n) is 25.4. The van der Waals surface area contributed by atoms with Crippen LogP contribution in [-0.4, -0.2) is 81.7 Å². The summed E-state index contributed by atoms with van der Waals surface area (Å²) in [6, 6.07) is 12.7. The highest BCUT2D eigenvalue weighted by atomic mass is 16.5. The van der Waals surface area contributed by atoms with Crippen molar-refractivity contribution in [3.8, 4) is 5.75 Å². The standard InChI is InChI=1S/C34H45N3O6/c1-3-4-17-37-30(38)28(22-33(42)13-5-6-14-33)35-32(41)34(37)15-18-36(19-16-34)23-25-9-7-24(8-10-25)20-26-11-12-27(31(39)40)21-29(26)43-2/h7-12,21,28,42H,3-6,13-20,22-23H2,1-2H3,(H,35,41)(H,39,40)/t28-/m1/s1. The third-order valence-corrected chi connectivity index (χ3v) is 9.70. The Bertz CT molecular complexity index is 1310. The molecule has 3 aliphatic rings. The highest BCUT2D eigenvalue weighted by Crippen LogP contribution is 2.38. The molecule has 0 unspecified atom stereocenters. The SMILES string of the molecule is CCCCN1C(=O)[C@@H](CC2(O)CCCC2)NC(=O)C12CCN(Cc1ccc(Cc3ccc(C(=O)O)cc3OC)cc1)CC2. The molecule has 0 radical (unpaired) electrons. The van der Waals surface area contributed by atoms with Gasteiger partial charge in [-0.05, 0) is 60.9 Å². The maximum atomic E-state index is 13.8. The molecule has 2 heterocycles. The Morgan fingerprint density at radius 2 is 1.70 bits per heavy atom. The van der Waals surface area contributed by atoms with Crippen LogP contribution in [0.5, 0.6) is 5.75 Å². The predicted octanol–water partition coefficient (Wildman–Crippen LogP) is 4.14. The molecule has 2 aromatic carbocycles. The third-order valence-electron chi connectivity index (χ3n) is 9.70. The van der Waals surface area contributed by atoms with Gasteiger partial charge >= 0.3 is 5.97 Å². The van der Waals surface area contributed by atoms with E-state index in [1.165, 1.54) is 5.56 Å². The lowest BCUT2D eigenvalue weighted by Crippen LogP contribution is -2.73. The monoisotopic (exact) mass is 591 g/mol. The fourth-order valence-electron chi connectivity index (χ4n) is 7.11.